The third-order valence-electron chi connectivity index (χ3n) is 4.23. The summed E-state index contributed by atoms with van der Waals surface area (Å²) in [5, 5.41) is 12.5. The summed E-state index contributed by atoms with van der Waals surface area (Å²) < 4.78 is 0. The van der Waals surface area contributed by atoms with Crippen LogP contribution in [0.4, 0.5) is 5.82 Å². The minimum absolute atomic E-state index is 0.423. The molecular weight excluding hydrogens is 246 g/mol. The van der Waals surface area contributed by atoms with Crippen LogP contribution in [0.2, 0.25) is 0 Å². The summed E-state index contributed by atoms with van der Waals surface area (Å²) in [5.41, 5.74) is 2.01. The first-order chi connectivity index (χ1) is 9.53. The molecule has 1 saturated carbocycles. The van der Waals surface area contributed by atoms with Crippen LogP contribution in [0.15, 0.2) is 12.1 Å². The predicted molar refractivity (Wildman–Crippen MR) is 82.5 cm³/mol. The molecule has 0 atom stereocenters. The Hall–Kier alpha value is -1.56. The molecule has 0 aromatic carbocycles. The second-order valence-corrected chi connectivity index (χ2v) is 6.65. The van der Waals surface area contributed by atoms with Crippen LogP contribution < -0.4 is 5.32 Å². The van der Waals surface area contributed by atoms with Crippen LogP contribution in [0.5, 0.6) is 0 Å². The van der Waals surface area contributed by atoms with Crippen molar-refractivity contribution in [1.29, 1.82) is 5.26 Å². The number of aromatic nitrogens is 1. The Labute approximate surface area is 122 Å². The van der Waals surface area contributed by atoms with Crippen LogP contribution >= 0.6 is 0 Å². The molecule has 0 unspecified atom stereocenters. The minimum Gasteiger partial charge on any atom is -0.369 e. The molecule has 1 aliphatic carbocycles. The van der Waals surface area contributed by atoms with E-state index in [9.17, 15) is 0 Å². The lowest BCUT2D eigenvalue weighted by Gasteiger charge is -2.31. The largest absolute Gasteiger partial charge is 0.369 e. The molecule has 1 N–H and O–H groups in total. The van der Waals surface area contributed by atoms with Crippen molar-refractivity contribution in [2.75, 3.05) is 11.9 Å². The van der Waals surface area contributed by atoms with Crippen molar-refractivity contribution in [3.8, 4) is 6.07 Å². The zero-order chi connectivity index (χ0) is 14.6. The van der Waals surface area contributed by atoms with E-state index in [1.807, 2.05) is 19.1 Å². The van der Waals surface area contributed by atoms with Gasteiger partial charge in [0, 0.05) is 12.2 Å². The number of anilines is 1. The standard InChI is InChI=1S/C17H25N3/c1-13(2)10-17(6-4-5-7-17)12-19-16-9-15(11-18)8-14(3)20-16/h8-9,13H,4-7,10,12H2,1-3H3,(H,19,20). The van der Waals surface area contributed by atoms with Gasteiger partial charge in [-0.3, -0.25) is 0 Å². The van der Waals surface area contributed by atoms with Crippen LogP contribution in [0.3, 0.4) is 0 Å². The van der Waals surface area contributed by atoms with E-state index < -0.39 is 0 Å². The van der Waals surface area contributed by atoms with Crippen molar-refractivity contribution in [3.63, 3.8) is 0 Å². The summed E-state index contributed by atoms with van der Waals surface area (Å²) in [6, 6.07) is 5.87. The monoisotopic (exact) mass is 271 g/mol. The van der Waals surface area contributed by atoms with Crippen LogP contribution in [-0.2, 0) is 0 Å². The Bertz CT molecular complexity index is 493. The zero-order valence-corrected chi connectivity index (χ0v) is 12.9. The summed E-state index contributed by atoms with van der Waals surface area (Å²) in [7, 11) is 0. The molecule has 0 radical (unpaired) electrons. The molecule has 0 saturated heterocycles. The van der Waals surface area contributed by atoms with Gasteiger partial charge in [-0.05, 0) is 49.7 Å². The zero-order valence-electron chi connectivity index (χ0n) is 12.9. The molecule has 1 aliphatic rings. The molecule has 0 amide bonds. The minimum atomic E-state index is 0.423. The van der Waals surface area contributed by atoms with Crippen molar-refractivity contribution in [1.82, 2.24) is 4.98 Å². The van der Waals surface area contributed by atoms with Gasteiger partial charge in [0.25, 0.3) is 0 Å². The van der Waals surface area contributed by atoms with Crippen molar-refractivity contribution >= 4 is 5.82 Å². The maximum Gasteiger partial charge on any atom is 0.127 e. The highest BCUT2D eigenvalue weighted by Crippen LogP contribution is 2.43. The summed E-state index contributed by atoms with van der Waals surface area (Å²) >= 11 is 0. The molecule has 0 spiro atoms. The Kier molecular flexibility index (Phi) is 4.65. The molecule has 2 rings (SSSR count). The number of rotatable bonds is 5. The fraction of sp³-hybridized carbons (Fsp3) is 0.647. The van der Waals surface area contributed by atoms with E-state index in [0.29, 0.717) is 11.0 Å². The summed E-state index contributed by atoms with van der Waals surface area (Å²) in [6.45, 7) is 7.52. The van der Waals surface area contributed by atoms with E-state index >= 15 is 0 Å². The van der Waals surface area contributed by atoms with E-state index in [-0.39, 0.29) is 0 Å². The smallest absolute Gasteiger partial charge is 0.127 e. The van der Waals surface area contributed by atoms with E-state index in [4.69, 9.17) is 5.26 Å². The van der Waals surface area contributed by atoms with Crippen molar-refractivity contribution < 1.29 is 0 Å². The first-order valence-corrected chi connectivity index (χ1v) is 7.66. The third-order valence-corrected chi connectivity index (χ3v) is 4.23. The molecule has 1 heterocycles. The third kappa shape index (κ3) is 3.72. The second-order valence-electron chi connectivity index (χ2n) is 6.65. The van der Waals surface area contributed by atoms with Gasteiger partial charge in [-0.2, -0.15) is 5.26 Å². The number of hydrogen-bond acceptors (Lipinski definition) is 3. The molecule has 108 valence electrons. The second kappa shape index (κ2) is 6.26. The molecule has 1 aromatic rings. The van der Waals surface area contributed by atoms with Gasteiger partial charge in [0.15, 0.2) is 0 Å². The summed E-state index contributed by atoms with van der Waals surface area (Å²) in [4.78, 5) is 4.49. The van der Waals surface area contributed by atoms with Crippen molar-refractivity contribution in [3.05, 3.63) is 23.4 Å². The lowest BCUT2D eigenvalue weighted by Crippen LogP contribution is -2.28. The van der Waals surface area contributed by atoms with Gasteiger partial charge in [0.2, 0.25) is 0 Å². The molecule has 3 heteroatoms. The van der Waals surface area contributed by atoms with Crippen molar-refractivity contribution in [2.24, 2.45) is 11.3 Å². The summed E-state index contributed by atoms with van der Waals surface area (Å²) in [6.07, 6.45) is 6.60. The number of hydrogen-bond donors (Lipinski definition) is 1. The maximum absolute atomic E-state index is 9.03. The van der Waals surface area contributed by atoms with Gasteiger partial charge in [0.1, 0.15) is 5.82 Å². The number of pyridine rings is 1. The fourth-order valence-electron chi connectivity index (χ4n) is 3.55. The Balaban J connectivity index is 2.06. The van der Waals surface area contributed by atoms with Crippen LogP contribution in [0.1, 0.15) is 57.2 Å². The normalized spacial score (nSPS) is 17.1. The number of nitrogens with one attached hydrogen (secondary N) is 1. The van der Waals surface area contributed by atoms with Gasteiger partial charge in [-0.15, -0.1) is 0 Å². The highest BCUT2D eigenvalue weighted by molar-refractivity contribution is 5.44. The SMILES string of the molecule is Cc1cc(C#N)cc(NCC2(CC(C)C)CCCC2)n1. The molecular formula is C17H25N3. The average molecular weight is 271 g/mol. The van der Waals surface area contributed by atoms with Crippen molar-refractivity contribution in [2.45, 2.75) is 52.9 Å². The Morgan fingerprint density at radius 3 is 2.65 bits per heavy atom. The quantitative estimate of drug-likeness (QED) is 0.869. The Morgan fingerprint density at radius 1 is 1.35 bits per heavy atom. The fourth-order valence-corrected chi connectivity index (χ4v) is 3.55. The highest BCUT2D eigenvalue weighted by Gasteiger charge is 2.34. The molecule has 1 fully saturated rings. The van der Waals surface area contributed by atoms with E-state index in [1.165, 1.54) is 32.1 Å². The lowest BCUT2D eigenvalue weighted by atomic mass is 9.78. The number of nitriles is 1. The first kappa shape index (κ1) is 14.8. The van der Waals surface area contributed by atoms with Crippen LogP contribution in [0.25, 0.3) is 0 Å². The van der Waals surface area contributed by atoms with Gasteiger partial charge in [-0.1, -0.05) is 26.7 Å². The molecule has 1 aromatic heterocycles. The predicted octanol–water partition coefficient (Wildman–Crippen LogP) is 4.28. The molecule has 0 bridgehead atoms. The highest BCUT2D eigenvalue weighted by atomic mass is 15.0. The first-order valence-electron chi connectivity index (χ1n) is 7.66. The number of aryl methyl sites for hydroxylation is 1. The van der Waals surface area contributed by atoms with E-state index in [0.717, 1.165) is 24.0 Å². The van der Waals surface area contributed by atoms with Gasteiger partial charge in [-0.25, -0.2) is 4.98 Å². The van der Waals surface area contributed by atoms with E-state index in [1.54, 1.807) is 0 Å². The lowest BCUT2D eigenvalue weighted by molar-refractivity contribution is 0.252. The number of nitrogens with zero attached hydrogens (tertiary/aromatic N) is 2. The molecule has 20 heavy (non-hydrogen) atoms. The van der Waals surface area contributed by atoms with Gasteiger partial charge in [0.05, 0.1) is 11.6 Å². The molecule has 3 nitrogen and oxygen atoms in total. The van der Waals surface area contributed by atoms with Gasteiger partial charge < -0.3 is 5.32 Å². The van der Waals surface area contributed by atoms with E-state index in [2.05, 4.69) is 30.2 Å². The van der Waals surface area contributed by atoms with Crippen LogP contribution in [-0.4, -0.2) is 11.5 Å². The Morgan fingerprint density at radius 2 is 2.05 bits per heavy atom. The maximum atomic E-state index is 9.03. The topological polar surface area (TPSA) is 48.7 Å². The summed E-state index contributed by atoms with van der Waals surface area (Å²) in [5.74, 6) is 1.58. The van der Waals surface area contributed by atoms with Crippen LogP contribution in [0, 0.1) is 29.6 Å². The average Bonchev–Trinajstić information content (AvgIpc) is 2.84. The van der Waals surface area contributed by atoms with Gasteiger partial charge >= 0.3 is 0 Å². The molecule has 0 aliphatic heterocycles.